The van der Waals surface area contributed by atoms with Crippen LogP contribution in [0, 0.1) is 0 Å². The van der Waals surface area contributed by atoms with Gasteiger partial charge in [-0.1, -0.05) is 29.3 Å². The average molecular weight is 377 g/mol. The lowest BCUT2D eigenvalue weighted by atomic mass is 10.0. The van der Waals surface area contributed by atoms with Crippen LogP contribution in [0.4, 0.5) is 5.82 Å². The van der Waals surface area contributed by atoms with E-state index in [0.717, 1.165) is 43.8 Å². The van der Waals surface area contributed by atoms with E-state index < -0.39 is 0 Å². The highest BCUT2D eigenvalue weighted by atomic mass is 35.5. The first kappa shape index (κ1) is 16.6. The summed E-state index contributed by atoms with van der Waals surface area (Å²) in [6, 6.07) is 6.24. The van der Waals surface area contributed by atoms with Crippen molar-refractivity contribution in [3.8, 4) is 0 Å². The number of aromatic amines is 1. The number of nitrogens with zero attached hydrogens (tertiary/aromatic N) is 4. The van der Waals surface area contributed by atoms with Crippen LogP contribution in [-0.2, 0) is 6.54 Å². The zero-order valence-corrected chi connectivity index (χ0v) is 15.1. The van der Waals surface area contributed by atoms with Crippen molar-refractivity contribution in [1.82, 2.24) is 24.8 Å². The number of benzene rings is 1. The van der Waals surface area contributed by atoms with Gasteiger partial charge in [0, 0.05) is 25.7 Å². The van der Waals surface area contributed by atoms with Gasteiger partial charge in [0.05, 0.1) is 16.4 Å². The maximum atomic E-state index is 6.10. The molecule has 0 spiro atoms. The number of anilines is 1. The van der Waals surface area contributed by atoms with Crippen LogP contribution in [0.2, 0.25) is 10.0 Å². The number of rotatable bonds is 4. The number of halogens is 2. The molecule has 3 heterocycles. The van der Waals surface area contributed by atoms with Gasteiger partial charge in [-0.15, -0.1) is 0 Å². The van der Waals surface area contributed by atoms with Gasteiger partial charge in [-0.25, -0.2) is 15.0 Å². The van der Waals surface area contributed by atoms with E-state index in [9.17, 15) is 0 Å². The fraction of sp³-hybridized carbons (Fsp3) is 0.353. The number of H-pyrrole nitrogens is 1. The molecule has 1 aliphatic heterocycles. The van der Waals surface area contributed by atoms with Gasteiger partial charge < -0.3 is 10.3 Å². The SMILES string of the molecule is Clc1ccc(CN2CCC(Nc3ncnc4nc[nH]c34)CC2)cc1Cl. The third-order valence-electron chi connectivity index (χ3n) is 4.54. The van der Waals surface area contributed by atoms with Crippen molar-refractivity contribution in [2.24, 2.45) is 0 Å². The summed E-state index contributed by atoms with van der Waals surface area (Å²) >= 11 is 12.1. The maximum absolute atomic E-state index is 6.10. The van der Waals surface area contributed by atoms with E-state index in [-0.39, 0.29) is 0 Å². The van der Waals surface area contributed by atoms with Crippen molar-refractivity contribution < 1.29 is 0 Å². The van der Waals surface area contributed by atoms with E-state index in [1.54, 1.807) is 12.7 Å². The first-order chi connectivity index (χ1) is 12.2. The van der Waals surface area contributed by atoms with E-state index in [1.807, 2.05) is 18.2 Å². The molecule has 0 amide bonds. The number of nitrogens with one attached hydrogen (secondary N) is 2. The van der Waals surface area contributed by atoms with E-state index in [4.69, 9.17) is 23.2 Å². The molecule has 2 aromatic heterocycles. The van der Waals surface area contributed by atoms with Crippen molar-refractivity contribution in [3.05, 3.63) is 46.5 Å². The topological polar surface area (TPSA) is 69.7 Å². The van der Waals surface area contributed by atoms with Gasteiger partial charge in [0.1, 0.15) is 11.8 Å². The van der Waals surface area contributed by atoms with Gasteiger partial charge in [0.25, 0.3) is 0 Å². The molecule has 8 heteroatoms. The van der Waals surface area contributed by atoms with Crippen LogP contribution in [0.15, 0.2) is 30.9 Å². The Morgan fingerprint density at radius 3 is 2.76 bits per heavy atom. The molecule has 1 fully saturated rings. The van der Waals surface area contributed by atoms with Crippen LogP contribution in [0.3, 0.4) is 0 Å². The molecule has 1 saturated heterocycles. The number of fused-ring (bicyclic) bond motifs is 1. The summed E-state index contributed by atoms with van der Waals surface area (Å²) in [4.78, 5) is 18.2. The van der Waals surface area contributed by atoms with Crippen LogP contribution < -0.4 is 5.32 Å². The molecule has 0 unspecified atom stereocenters. The second-order valence-electron chi connectivity index (χ2n) is 6.27. The fourth-order valence-corrected chi connectivity index (χ4v) is 3.52. The molecule has 6 nitrogen and oxygen atoms in total. The summed E-state index contributed by atoms with van der Waals surface area (Å²) in [6.07, 6.45) is 5.30. The van der Waals surface area contributed by atoms with Crippen LogP contribution in [-0.4, -0.2) is 44.0 Å². The van der Waals surface area contributed by atoms with Crippen molar-refractivity contribution in [1.29, 1.82) is 0 Å². The fourth-order valence-electron chi connectivity index (χ4n) is 3.20. The van der Waals surface area contributed by atoms with Crippen molar-refractivity contribution in [2.75, 3.05) is 18.4 Å². The summed E-state index contributed by atoms with van der Waals surface area (Å²) in [5.74, 6) is 0.824. The van der Waals surface area contributed by atoms with E-state index in [0.29, 0.717) is 21.7 Å². The standard InChI is InChI=1S/C17H18Cl2N6/c18-13-2-1-11(7-14(13)19)8-25-5-3-12(4-6-25)24-17-15-16(21-9-20-15)22-10-23-17/h1-2,7,9-10,12H,3-6,8H2,(H2,20,21,22,23,24). The molecule has 130 valence electrons. The second-order valence-corrected chi connectivity index (χ2v) is 7.08. The predicted molar refractivity (Wildman–Crippen MR) is 100 cm³/mol. The minimum absolute atomic E-state index is 0.395. The van der Waals surface area contributed by atoms with Crippen LogP contribution in [0.1, 0.15) is 18.4 Å². The molecule has 0 saturated carbocycles. The molecular weight excluding hydrogens is 359 g/mol. The molecule has 1 aromatic carbocycles. The number of imidazole rings is 1. The lowest BCUT2D eigenvalue weighted by Gasteiger charge is -2.32. The summed E-state index contributed by atoms with van der Waals surface area (Å²) in [5.41, 5.74) is 2.74. The number of hydrogen-bond acceptors (Lipinski definition) is 5. The molecule has 0 aliphatic carbocycles. The highest BCUT2D eigenvalue weighted by Crippen LogP contribution is 2.25. The van der Waals surface area contributed by atoms with Gasteiger partial charge in [0.15, 0.2) is 11.5 Å². The molecule has 0 bridgehead atoms. The molecule has 0 atom stereocenters. The van der Waals surface area contributed by atoms with Crippen molar-refractivity contribution in [2.45, 2.75) is 25.4 Å². The van der Waals surface area contributed by atoms with Crippen molar-refractivity contribution >= 4 is 40.2 Å². The smallest absolute Gasteiger partial charge is 0.182 e. The number of likely N-dealkylation sites (tertiary alicyclic amines) is 1. The average Bonchev–Trinajstić information content (AvgIpc) is 3.10. The molecule has 2 N–H and O–H groups in total. The molecule has 3 aromatic rings. The van der Waals surface area contributed by atoms with Gasteiger partial charge in [-0.2, -0.15) is 0 Å². The summed E-state index contributed by atoms with van der Waals surface area (Å²) in [5, 5.41) is 4.74. The highest BCUT2D eigenvalue weighted by molar-refractivity contribution is 6.42. The summed E-state index contributed by atoms with van der Waals surface area (Å²) < 4.78 is 0. The Bertz CT molecular complexity index is 872. The van der Waals surface area contributed by atoms with E-state index in [2.05, 4.69) is 30.2 Å². The Labute approximate surface area is 155 Å². The lowest BCUT2D eigenvalue weighted by molar-refractivity contribution is 0.211. The Morgan fingerprint density at radius 1 is 1.12 bits per heavy atom. The quantitative estimate of drug-likeness (QED) is 0.725. The molecule has 25 heavy (non-hydrogen) atoms. The molecular formula is C17H18Cl2N6. The first-order valence-corrected chi connectivity index (χ1v) is 9.01. The monoisotopic (exact) mass is 376 g/mol. The van der Waals surface area contributed by atoms with Crippen LogP contribution in [0.5, 0.6) is 0 Å². The summed E-state index contributed by atoms with van der Waals surface area (Å²) in [6.45, 7) is 2.94. The molecule has 1 aliphatic rings. The molecule has 4 rings (SSSR count). The number of aromatic nitrogens is 4. The third-order valence-corrected chi connectivity index (χ3v) is 5.28. The highest BCUT2D eigenvalue weighted by Gasteiger charge is 2.20. The van der Waals surface area contributed by atoms with Gasteiger partial charge in [-0.3, -0.25) is 4.90 Å². The number of piperidine rings is 1. The molecule has 0 radical (unpaired) electrons. The van der Waals surface area contributed by atoms with E-state index >= 15 is 0 Å². The third kappa shape index (κ3) is 3.71. The Hall–Kier alpha value is -1.89. The van der Waals surface area contributed by atoms with Crippen LogP contribution in [0.25, 0.3) is 11.2 Å². The zero-order chi connectivity index (χ0) is 17.2. The summed E-state index contributed by atoms with van der Waals surface area (Å²) in [7, 11) is 0. The first-order valence-electron chi connectivity index (χ1n) is 8.26. The van der Waals surface area contributed by atoms with Gasteiger partial charge in [0.2, 0.25) is 0 Å². The number of hydrogen-bond donors (Lipinski definition) is 2. The Morgan fingerprint density at radius 2 is 1.96 bits per heavy atom. The lowest BCUT2D eigenvalue weighted by Crippen LogP contribution is -2.38. The van der Waals surface area contributed by atoms with Crippen molar-refractivity contribution in [3.63, 3.8) is 0 Å². The second kappa shape index (κ2) is 7.15. The maximum Gasteiger partial charge on any atom is 0.182 e. The Kier molecular flexibility index (Phi) is 4.74. The minimum Gasteiger partial charge on any atom is -0.365 e. The normalized spacial score (nSPS) is 16.4. The van der Waals surface area contributed by atoms with Gasteiger partial charge >= 0.3 is 0 Å². The zero-order valence-electron chi connectivity index (χ0n) is 13.5. The van der Waals surface area contributed by atoms with E-state index in [1.165, 1.54) is 5.56 Å². The largest absolute Gasteiger partial charge is 0.365 e. The minimum atomic E-state index is 0.395. The predicted octanol–water partition coefficient (Wildman–Crippen LogP) is 3.74. The van der Waals surface area contributed by atoms with Gasteiger partial charge in [-0.05, 0) is 30.5 Å². The Balaban J connectivity index is 1.35. The van der Waals surface area contributed by atoms with Crippen LogP contribution >= 0.6 is 23.2 Å².